The van der Waals surface area contributed by atoms with Crippen LogP contribution in [-0.2, 0) is 4.74 Å². The third-order valence-electron chi connectivity index (χ3n) is 5.32. The van der Waals surface area contributed by atoms with E-state index >= 15 is 0 Å². The molecule has 1 amide bonds. The molecule has 1 aliphatic heterocycles. The van der Waals surface area contributed by atoms with Crippen molar-refractivity contribution in [1.82, 2.24) is 19.5 Å². The number of hydrogen-bond acceptors (Lipinski definition) is 5. The molecule has 30 heavy (non-hydrogen) atoms. The van der Waals surface area contributed by atoms with E-state index in [1.807, 2.05) is 0 Å². The number of rotatable bonds is 4. The number of fused-ring (bicyclic) bond motifs is 1. The molecule has 0 atom stereocenters. The SMILES string of the molecule is CCOC(=O)c1cnn2c(Cl)c(C(=O)N3CCC(c4ccc(F)cc4)CC3)cnc12. The highest BCUT2D eigenvalue weighted by Crippen LogP contribution is 2.29. The molecule has 4 rings (SSSR count). The Hall–Kier alpha value is -3.00. The van der Waals surface area contributed by atoms with Gasteiger partial charge in [-0.15, -0.1) is 0 Å². The van der Waals surface area contributed by atoms with Crippen LogP contribution in [0.3, 0.4) is 0 Å². The van der Waals surface area contributed by atoms with Gasteiger partial charge in [-0.2, -0.15) is 5.10 Å². The summed E-state index contributed by atoms with van der Waals surface area (Å²) < 4.78 is 19.4. The molecule has 1 aliphatic rings. The minimum Gasteiger partial charge on any atom is -0.462 e. The standard InChI is InChI=1S/C21H20ClFN4O3/c1-2-30-21(29)17-12-25-27-18(22)16(11-24-19(17)27)20(28)26-9-7-14(8-10-26)13-3-5-15(23)6-4-13/h3-6,11-12,14H,2,7-10H2,1H3. The smallest absolute Gasteiger partial charge is 0.343 e. The number of hydrogen-bond donors (Lipinski definition) is 0. The van der Waals surface area contributed by atoms with Gasteiger partial charge in [0.1, 0.15) is 16.5 Å². The zero-order chi connectivity index (χ0) is 21.3. The number of piperidine rings is 1. The highest BCUT2D eigenvalue weighted by Gasteiger charge is 2.28. The summed E-state index contributed by atoms with van der Waals surface area (Å²) in [6.07, 6.45) is 4.25. The third-order valence-corrected chi connectivity index (χ3v) is 5.68. The highest BCUT2D eigenvalue weighted by molar-refractivity contribution is 6.33. The van der Waals surface area contributed by atoms with E-state index in [1.165, 1.54) is 29.0 Å². The Bertz CT molecular complexity index is 1090. The third kappa shape index (κ3) is 3.75. The lowest BCUT2D eigenvalue weighted by Gasteiger charge is -2.32. The maximum atomic E-state index is 13.1. The number of halogens is 2. The lowest BCUT2D eigenvalue weighted by molar-refractivity contribution is 0.0528. The summed E-state index contributed by atoms with van der Waals surface area (Å²) >= 11 is 6.42. The molecule has 1 aromatic carbocycles. The summed E-state index contributed by atoms with van der Waals surface area (Å²) in [4.78, 5) is 31.0. The molecule has 0 bridgehead atoms. The topological polar surface area (TPSA) is 76.8 Å². The van der Waals surface area contributed by atoms with Crippen LogP contribution in [0.15, 0.2) is 36.7 Å². The summed E-state index contributed by atoms with van der Waals surface area (Å²) in [6, 6.07) is 6.51. The van der Waals surface area contributed by atoms with Crippen LogP contribution in [0, 0.1) is 5.82 Å². The number of aromatic nitrogens is 3. The Labute approximate surface area is 177 Å². The molecule has 7 nitrogen and oxygen atoms in total. The van der Waals surface area contributed by atoms with Crippen LogP contribution in [0.25, 0.3) is 5.65 Å². The van der Waals surface area contributed by atoms with Crippen LogP contribution >= 0.6 is 11.6 Å². The Morgan fingerprint density at radius 3 is 2.53 bits per heavy atom. The van der Waals surface area contributed by atoms with Gasteiger partial charge in [-0.05, 0) is 43.4 Å². The van der Waals surface area contributed by atoms with Gasteiger partial charge in [0.2, 0.25) is 0 Å². The maximum Gasteiger partial charge on any atom is 0.343 e. The summed E-state index contributed by atoms with van der Waals surface area (Å²) in [6.45, 7) is 3.05. The van der Waals surface area contributed by atoms with Crippen molar-refractivity contribution in [3.63, 3.8) is 0 Å². The van der Waals surface area contributed by atoms with Gasteiger partial charge in [-0.3, -0.25) is 4.79 Å². The van der Waals surface area contributed by atoms with Gasteiger partial charge in [-0.25, -0.2) is 18.7 Å². The second-order valence-electron chi connectivity index (χ2n) is 7.09. The average Bonchev–Trinajstić information content (AvgIpc) is 3.20. The normalized spacial score (nSPS) is 14.8. The molecule has 0 saturated carbocycles. The van der Waals surface area contributed by atoms with Crippen LogP contribution in [0.1, 0.15) is 52.0 Å². The Morgan fingerprint density at radius 2 is 1.87 bits per heavy atom. The zero-order valence-corrected chi connectivity index (χ0v) is 17.1. The lowest BCUT2D eigenvalue weighted by atomic mass is 9.89. The van der Waals surface area contributed by atoms with Gasteiger partial charge in [0, 0.05) is 19.3 Å². The van der Waals surface area contributed by atoms with Crippen LogP contribution in [0.2, 0.25) is 5.15 Å². The van der Waals surface area contributed by atoms with Crippen molar-refractivity contribution in [3.05, 3.63) is 64.3 Å². The van der Waals surface area contributed by atoms with Crippen molar-refractivity contribution in [2.45, 2.75) is 25.7 Å². The highest BCUT2D eigenvalue weighted by atomic mass is 35.5. The first-order chi connectivity index (χ1) is 14.5. The summed E-state index contributed by atoms with van der Waals surface area (Å²) in [5.74, 6) is -0.754. The minimum absolute atomic E-state index is 0.0983. The molecule has 2 aromatic heterocycles. The molecule has 0 radical (unpaired) electrons. The van der Waals surface area contributed by atoms with Crippen molar-refractivity contribution in [1.29, 1.82) is 0 Å². The van der Waals surface area contributed by atoms with E-state index in [0.29, 0.717) is 13.1 Å². The fourth-order valence-electron chi connectivity index (χ4n) is 3.72. The van der Waals surface area contributed by atoms with Crippen molar-refractivity contribution in [3.8, 4) is 0 Å². The molecule has 3 heterocycles. The number of amides is 1. The Morgan fingerprint density at radius 1 is 1.17 bits per heavy atom. The number of benzene rings is 1. The predicted octanol–water partition coefficient (Wildman–Crippen LogP) is 3.72. The molecule has 1 fully saturated rings. The molecule has 9 heteroatoms. The molecule has 0 unspecified atom stereocenters. The van der Waals surface area contributed by atoms with Crippen molar-refractivity contribution < 1.29 is 18.7 Å². The summed E-state index contributed by atoms with van der Waals surface area (Å²) in [5, 5.41) is 4.19. The van der Waals surface area contributed by atoms with Crippen LogP contribution in [0.4, 0.5) is 4.39 Å². The van der Waals surface area contributed by atoms with E-state index in [4.69, 9.17) is 16.3 Å². The first kappa shape index (κ1) is 20.3. The fraction of sp³-hybridized carbons (Fsp3) is 0.333. The van der Waals surface area contributed by atoms with E-state index < -0.39 is 5.97 Å². The largest absolute Gasteiger partial charge is 0.462 e. The second-order valence-corrected chi connectivity index (χ2v) is 7.45. The van der Waals surface area contributed by atoms with E-state index in [0.717, 1.165) is 18.4 Å². The number of nitrogens with zero attached hydrogens (tertiary/aromatic N) is 4. The minimum atomic E-state index is -0.544. The van der Waals surface area contributed by atoms with E-state index in [1.54, 1.807) is 24.0 Å². The van der Waals surface area contributed by atoms with E-state index in [-0.39, 0.29) is 46.2 Å². The molecule has 1 saturated heterocycles. The quantitative estimate of drug-likeness (QED) is 0.465. The number of esters is 1. The number of carbonyl (C=O) groups is 2. The van der Waals surface area contributed by atoms with Gasteiger partial charge in [-0.1, -0.05) is 23.7 Å². The summed E-state index contributed by atoms with van der Waals surface area (Å²) in [5.41, 5.74) is 1.73. The summed E-state index contributed by atoms with van der Waals surface area (Å²) in [7, 11) is 0. The number of ether oxygens (including phenoxy) is 1. The maximum absolute atomic E-state index is 13.1. The molecule has 3 aromatic rings. The fourth-order valence-corrected chi connectivity index (χ4v) is 3.97. The lowest BCUT2D eigenvalue weighted by Crippen LogP contribution is -2.38. The second kappa shape index (κ2) is 8.39. The molecule has 0 aliphatic carbocycles. The molecule has 0 spiro atoms. The van der Waals surface area contributed by atoms with Gasteiger partial charge in [0.25, 0.3) is 5.91 Å². The number of likely N-dealkylation sites (tertiary alicyclic amines) is 1. The van der Waals surface area contributed by atoms with Crippen molar-refractivity contribution in [2.75, 3.05) is 19.7 Å². The van der Waals surface area contributed by atoms with Gasteiger partial charge >= 0.3 is 5.97 Å². The van der Waals surface area contributed by atoms with Crippen LogP contribution < -0.4 is 0 Å². The molecule has 0 N–H and O–H groups in total. The van der Waals surface area contributed by atoms with Crippen LogP contribution in [0.5, 0.6) is 0 Å². The first-order valence-corrected chi connectivity index (χ1v) is 10.1. The van der Waals surface area contributed by atoms with E-state index in [2.05, 4.69) is 10.1 Å². The first-order valence-electron chi connectivity index (χ1n) is 9.73. The van der Waals surface area contributed by atoms with E-state index in [9.17, 15) is 14.0 Å². The molecular weight excluding hydrogens is 411 g/mol. The van der Waals surface area contributed by atoms with Gasteiger partial charge < -0.3 is 9.64 Å². The number of carbonyl (C=O) groups excluding carboxylic acids is 2. The zero-order valence-electron chi connectivity index (χ0n) is 16.3. The predicted molar refractivity (Wildman–Crippen MR) is 108 cm³/mol. The monoisotopic (exact) mass is 430 g/mol. The van der Waals surface area contributed by atoms with Gasteiger partial charge in [0.15, 0.2) is 5.65 Å². The molecular formula is C21H20ClFN4O3. The average molecular weight is 431 g/mol. The Kier molecular flexibility index (Phi) is 5.67. The van der Waals surface area contributed by atoms with Crippen molar-refractivity contribution in [2.24, 2.45) is 0 Å². The van der Waals surface area contributed by atoms with Crippen molar-refractivity contribution >= 4 is 29.1 Å². The molecule has 156 valence electrons. The Balaban J connectivity index is 1.50. The van der Waals surface area contributed by atoms with Crippen LogP contribution in [-0.4, -0.2) is 51.1 Å². The van der Waals surface area contributed by atoms with Gasteiger partial charge in [0.05, 0.1) is 18.4 Å².